The van der Waals surface area contributed by atoms with Gasteiger partial charge in [0.15, 0.2) is 5.82 Å². The molecule has 2 heterocycles. The second kappa shape index (κ2) is 12.5. The maximum atomic E-state index is 13.9. The van der Waals surface area contributed by atoms with Gasteiger partial charge in [-0.05, 0) is 73.0 Å². The van der Waals surface area contributed by atoms with E-state index in [0.29, 0.717) is 16.5 Å². The topological polar surface area (TPSA) is 76.2 Å². The molecule has 1 atom stereocenters. The first kappa shape index (κ1) is 29.8. The van der Waals surface area contributed by atoms with Crippen molar-refractivity contribution in [2.75, 3.05) is 31.2 Å². The minimum absolute atomic E-state index is 0.0150. The van der Waals surface area contributed by atoms with E-state index < -0.39 is 5.54 Å². The smallest absolute Gasteiger partial charge is 0.229 e. The summed E-state index contributed by atoms with van der Waals surface area (Å²) in [7, 11) is 2.07. The number of halogens is 1. The van der Waals surface area contributed by atoms with E-state index >= 15 is 0 Å². The second-order valence-electron chi connectivity index (χ2n) is 12.1. The van der Waals surface area contributed by atoms with Crippen LogP contribution >= 0.6 is 11.6 Å². The lowest BCUT2D eigenvalue weighted by atomic mass is 9.77. The predicted octanol–water partition coefficient (Wildman–Crippen LogP) is 8.06. The molecule has 0 bridgehead atoms. The highest BCUT2D eigenvalue weighted by Gasteiger charge is 2.41. The van der Waals surface area contributed by atoms with Crippen LogP contribution in [-0.2, 0) is 10.3 Å². The molecule has 5 aromatic carbocycles. The number of benzene rings is 5. The summed E-state index contributed by atoms with van der Waals surface area (Å²) in [6.07, 6.45) is 1.84. The van der Waals surface area contributed by atoms with E-state index in [9.17, 15) is 4.79 Å². The number of aromatic nitrogens is 2. The van der Waals surface area contributed by atoms with Crippen LogP contribution in [0.3, 0.4) is 0 Å². The van der Waals surface area contributed by atoms with Crippen molar-refractivity contribution in [3.8, 4) is 11.1 Å². The van der Waals surface area contributed by atoms with E-state index in [-0.39, 0.29) is 11.8 Å². The van der Waals surface area contributed by atoms with E-state index in [0.717, 1.165) is 64.7 Å². The first-order valence-corrected chi connectivity index (χ1v) is 16.1. The molecule has 1 fully saturated rings. The molecule has 46 heavy (non-hydrogen) atoms. The van der Waals surface area contributed by atoms with Gasteiger partial charge >= 0.3 is 0 Å². The molecule has 1 amide bonds. The number of likely N-dealkylation sites (tertiary alicyclic amines) is 1. The largest absolute Gasteiger partial charge is 0.399 e. The Balaban J connectivity index is 1.51. The summed E-state index contributed by atoms with van der Waals surface area (Å²) < 4.78 is 2.08. The summed E-state index contributed by atoms with van der Waals surface area (Å²) in [6.45, 7) is 1.72. The Kier molecular flexibility index (Phi) is 8.07. The molecule has 1 saturated heterocycles. The standard InChI is InChI=1S/C39H36ClN5O/c1-44-23-11-12-28(26-44)38(46)42-37-34-24-27(33-21-20-32(41)25-35(33)40)19-22-36(34)45(43-37)39(29-13-5-2-6-14-29,30-15-7-3-8-16-30)31-17-9-4-10-18-31/h2-10,13-22,24-25,28H,11-12,23,26,41H2,1H3,(H,42,43,46). The second-order valence-corrected chi connectivity index (χ2v) is 12.5. The van der Waals surface area contributed by atoms with Crippen LogP contribution in [-0.4, -0.2) is 40.7 Å². The van der Waals surface area contributed by atoms with Gasteiger partial charge in [-0.3, -0.25) is 4.79 Å². The molecule has 0 aliphatic carbocycles. The number of nitrogens with zero attached hydrogens (tertiary/aromatic N) is 3. The fraction of sp³-hybridized carbons (Fsp3) is 0.179. The predicted molar refractivity (Wildman–Crippen MR) is 188 cm³/mol. The molecule has 7 heteroatoms. The van der Waals surface area contributed by atoms with Crippen LogP contribution in [0.4, 0.5) is 11.5 Å². The van der Waals surface area contributed by atoms with Crippen LogP contribution in [0.1, 0.15) is 29.5 Å². The SMILES string of the molecule is CN1CCCC(C(=O)Nc2nn(C(c3ccccc3)(c3ccccc3)c3ccccc3)c3ccc(-c4ccc(N)cc4Cl)cc23)C1. The first-order chi connectivity index (χ1) is 22.4. The van der Waals surface area contributed by atoms with Gasteiger partial charge < -0.3 is 16.0 Å². The molecule has 1 aromatic heterocycles. The highest BCUT2D eigenvalue weighted by molar-refractivity contribution is 6.33. The van der Waals surface area contributed by atoms with Crippen LogP contribution in [0.2, 0.25) is 5.02 Å². The van der Waals surface area contributed by atoms with Crippen LogP contribution < -0.4 is 11.1 Å². The summed E-state index contributed by atoms with van der Waals surface area (Å²) in [5.74, 6) is 0.392. The molecule has 1 unspecified atom stereocenters. The number of nitrogens with one attached hydrogen (secondary N) is 1. The zero-order chi connectivity index (χ0) is 31.7. The lowest BCUT2D eigenvalue weighted by Crippen LogP contribution is -2.39. The zero-order valence-electron chi connectivity index (χ0n) is 25.7. The normalized spacial score (nSPS) is 15.6. The maximum Gasteiger partial charge on any atom is 0.229 e. The minimum Gasteiger partial charge on any atom is -0.399 e. The summed E-state index contributed by atoms with van der Waals surface area (Å²) in [5, 5.41) is 10.0. The van der Waals surface area contributed by atoms with Crippen LogP contribution in [0.15, 0.2) is 127 Å². The number of nitrogen functional groups attached to an aromatic ring is 1. The van der Waals surface area contributed by atoms with Gasteiger partial charge in [0.1, 0.15) is 5.54 Å². The summed E-state index contributed by atoms with van der Waals surface area (Å²) >= 11 is 6.70. The van der Waals surface area contributed by atoms with Gasteiger partial charge in [-0.15, -0.1) is 0 Å². The van der Waals surface area contributed by atoms with Crippen molar-refractivity contribution in [3.05, 3.63) is 149 Å². The molecule has 230 valence electrons. The van der Waals surface area contributed by atoms with Crippen molar-refractivity contribution in [1.82, 2.24) is 14.7 Å². The third-order valence-corrected chi connectivity index (χ3v) is 9.43. The highest BCUT2D eigenvalue weighted by Crippen LogP contribution is 2.44. The van der Waals surface area contributed by atoms with Gasteiger partial charge in [-0.25, -0.2) is 4.68 Å². The molecule has 6 nitrogen and oxygen atoms in total. The molecule has 3 N–H and O–H groups in total. The van der Waals surface area contributed by atoms with Gasteiger partial charge in [0.2, 0.25) is 5.91 Å². The Labute approximate surface area is 274 Å². The minimum atomic E-state index is -0.851. The molecule has 7 rings (SSSR count). The number of rotatable bonds is 7. The van der Waals surface area contributed by atoms with Crippen molar-refractivity contribution in [2.24, 2.45) is 5.92 Å². The van der Waals surface area contributed by atoms with Gasteiger partial charge in [0.25, 0.3) is 0 Å². The Morgan fingerprint density at radius 2 is 1.46 bits per heavy atom. The van der Waals surface area contributed by atoms with E-state index in [4.69, 9.17) is 22.4 Å². The Bertz CT molecular complexity index is 1900. The summed E-state index contributed by atoms with van der Waals surface area (Å²) in [5.41, 5.74) is 11.6. The molecule has 0 saturated carbocycles. The molecule has 1 aliphatic heterocycles. The monoisotopic (exact) mass is 625 g/mol. The van der Waals surface area contributed by atoms with Crippen LogP contribution in [0.5, 0.6) is 0 Å². The number of piperidine rings is 1. The van der Waals surface area contributed by atoms with Crippen molar-refractivity contribution in [1.29, 1.82) is 0 Å². The Morgan fingerprint density at radius 1 is 0.848 bits per heavy atom. The van der Waals surface area contributed by atoms with Gasteiger partial charge in [-0.2, -0.15) is 5.10 Å². The Morgan fingerprint density at radius 3 is 2.02 bits per heavy atom. The number of hydrogen-bond acceptors (Lipinski definition) is 4. The molecule has 1 aliphatic rings. The fourth-order valence-electron chi connectivity index (χ4n) is 6.90. The number of carbonyl (C=O) groups excluding carboxylic acids is 1. The van der Waals surface area contributed by atoms with Crippen molar-refractivity contribution in [3.63, 3.8) is 0 Å². The van der Waals surface area contributed by atoms with Gasteiger partial charge in [0.05, 0.1) is 16.5 Å². The van der Waals surface area contributed by atoms with Crippen molar-refractivity contribution >= 4 is 39.9 Å². The molecule has 0 radical (unpaired) electrons. The number of carbonyl (C=O) groups is 1. The first-order valence-electron chi connectivity index (χ1n) is 15.7. The van der Waals surface area contributed by atoms with Gasteiger partial charge in [-0.1, -0.05) is 115 Å². The fourth-order valence-corrected chi connectivity index (χ4v) is 7.20. The van der Waals surface area contributed by atoms with Crippen LogP contribution in [0.25, 0.3) is 22.0 Å². The van der Waals surface area contributed by atoms with E-state index in [1.807, 2.05) is 30.3 Å². The Hall–Kier alpha value is -4.91. The van der Waals surface area contributed by atoms with Crippen molar-refractivity contribution in [2.45, 2.75) is 18.4 Å². The average molecular weight is 626 g/mol. The highest BCUT2D eigenvalue weighted by atomic mass is 35.5. The van der Waals surface area contributed by atoms with E-state index in [2.05, 4.69) is 113 Å². The summed E-state index contributed by atoms with van der Waals surface area (Å²) in [4.78, 5) is 16.1. The third kappa shape index (κ3) is 5.34. The number of fused-ring (bicyclic) bond motifs is 1. The summed E-state index contributed by atoms with van der Waals surface area (Å²) in [6, 6.07) is 43.1. The molecular weight excluding hydrogens is 590 g/mol. The number of hydrogen-bond donors (Lipinski definition) is 2. The number of anilines is 2. The molecule has 0 spiro atoms. The number of nitrogens with two attached hydrogens (primary N) is 1. The quantitative estimate of drug-likeness (QED) is 0.139. The average Bonchev–Trinajstić information content (AvgIpc) is 3.44. The van der Waals surface area contributed by atoms with E-state index in [1.54, 1.807) is 6.07 Å². The van der Waals surface area contributed by atoms with E-state index in [1.165, 1.54) is 0 Å². The number of amides is 1. The van der Waals surface area contributed by atoms with Crippen LogP contribution in [0, 0.1) is 5.92 Å². The zero-order valence-corrected chi connectivity index (χ0v) is 26.5. The molecule has 6 aromatic rings. The van der Waals surface area contributed by atoms with Gasteiger partial charge in [0, 0.05) is 23.2 Å². The lowest BCUT2D eigenvalue weighted by molar-refractivity contribution is -0.121. The third-order valence-electron chi connectivity index (χ3n) is 9.11. The molecular formula is C39H36ClN5O. The van der Waals surface area contributed by atoms with Crippen molar-refractivity contribution < 1.29 is 4.79 Å². The lowest BCUT2D eigenvalue weighted by Gasteiger charge is -2.37. The maximum absolute atomic E-state index is 13.9.